The van der Waals surface area contributed by atoms with Crippen molar-refractivity contribution in [3.63, 3.8) is 0 Å². The van der Waals surface area contributed by atoms with Crippen LogP contribution in [0, 0.1) is 0 Å². The molecule has 8 heteroatoms. The summed E-state index contributed by atoms with van der Waals surface area (Å²) in [4.78, 5) is 12.4. The molecule has 0 bridgehead atoms. The Hall–Kier alpha value is -2.48. The average molecular weight is 318 g/mol. The van der Waals surface area contributed by atoms with Crippen LogP contribution in [-0.2, 0) is 23.4 Å². The Morgan fingerprint density at radius 3 is 2.50 bits per heavy atom. The van der Waals surface area contributed by atoms with Crippen molar-refractivity contribution < 1.29 is 8.42 Å². The lowest BCUT2D eigenvalue weighted by Gasteiger charge is -2.06. The van der Waals surface area contributed by atoms with Gasteiger partial charge in [-0.1, -0.05) is 18.2 Å². The van der Waals surface area contributed by atoms with Crippen molar-refractivity contribution in [3.8, 4) is 0 Å². The minimum Gasteiger partial charge on any atom is -0.265 e. The maximum absolute atomic E-state index is 12.3. The zero-order valence-electron chi connectivity index (χ0n) is 11.9. The number of nitrogens with zero attached hydrogens (tertiary/aromatic N) is 4. The fourth-order valence-corrected chi connectivity index (χ4v) is 3.43. The van der Waals surface area contributed by atoms with Gasteiger partial charge in [-0.25, -0.2) is 13.1 Å². The SMILES string of the molecule is Cn1ncc2cnn(CCS(=O)(=O)c3ccccc3)c2c1=O. The van der Waals surface area contributed by atoms with Gasteiger partial charge >= 0.3 is 0 Å². The molecule has 0 saturated heterocycles. The zero-order chi connectivity index (χ0) is 15.7. The number of sulfone groups is 1. The van der Waals surface area contributed by atoms with Crippen LogP contribution in [0.4, 0.5) is 0 Å². The largest absolute Gasteiger partial charge is 0.292 e. The highest BCUT2D eigenvalue weighted by molar-refractivity contribution is 7.91. The number of aromatic nitrogens is 4. The van der Waals surface area contributed by atoms with Crippen LogP contribution in [0.25, 0.3) is 10.9 Å². The molecule has 0 spiro atoms. The van der Waals surface area contributed by atoms with Crippen molar-refractivity contribution in [1.29, 1.82) is 0 Å². The van der Waals surface area contributed by atoms with Gasteiger partial charge in [0.1, 0.15) is 5.52 Å². The predicted molar refractivity (Wildman–Crippen MR) is 81.3 cm³/mol. The van der Waals surface area contributed by atoms with E-state index in [1.165, 1.54) is 21.8 Å². The highest BCUT2D eigenvalue weighted by Gasteiger charge is 2.16. The predicted octanol–water partition coefficient (Wildman–Crippen LogP) is 0.604. The summed E-state index contributed by atoms with van der Waals surface area (Å²) in [5.74, 6) is -0.126. The number of benzene rings is 1. The molecule has 0 N–H and O–H groups in total. The fourth-order valence-electron chi connectivity index (χ4n) is 2.20. The van der Waals surface area contributed by atoms with Gasteiger partial charge in [0, 0.05) is 12.4 Å². The molecule has 7 nitrogen and oxygen atoms in total. The van der Waals surface area contributed by atoms with E-state index in [-0.39, 0.29) is 22.8 Å². The van der Waals surface area contributed by atoms with E-state index in [1.807, 2.05) is 0 Å². The summed E-state index contributed by atoms with van der Waals surface area (Å²) in [6, 6.07) is 8.23. The van der Waals surface area contributed by atoms with E-state index in [0.717, 1.165) is 0 Å². The van der Waals surface area contributed by atoms with E-state index in [4.69, 9.17) is 0 Å². The number of rotatable bonds is 4. The maximum atomic E-state index is 12.3. The van der Waals surface area contributed by atoms with E-state index in [1.54, 1.807) is 37.4 Å². The number of hydrogen-bond donors (Lipinski definition) is 0. The molecule has 0 atom stereocenters. The molecule has 1 aromatic carbocycles. The van der Waals surface area contributed by atoms with Crippen molar-refractivity contribution in [2.24, 2.45) is 7.05 Å². The Balaban J connectivity index is 1.92. The van der Waals surface area contributed by atoms with Gasteiger partial charge in [0.05, 0.1) is 29.6 Å². The van der Waals surface area contributed by atoms with E-state index in [9.17, 15) is 13.2 Å². The summed E-state index contributed by atoms with van der Waals surface area (Å²) in [6.07, 6.45) is 3.05. The lowest BCUT2D eigenvalue weighted by Crippen LogP contribution is -2.23. The minimum absolute atomic E-state index is 0.111. The highest BCUT2D eigenvalue weighted by Crippen LogP contribution is 2.12. The molecule has 0 aliphatic heterocycles. The van der Waals surface area contributed by atoms with Crippen molar-refractivity contribution in [2.75, 3.05) is 5.75 Å². The van der Waals surface area contributed by atoms with Gasteiger partial charge in [-0.3, -0.25) is 9.48 Å². The molecule has 0 saturated carbocycles. The molecule has 0 aliphatic carbocycles. The van der Waals surface area contributed by atoms with E-state index in [0.29, 0.717) is 10.9 Å². The molecule has 0 amide bonds. The first-order valence-corrected chi connectivity index (χ1v) is 8.30. The number of fused-ring (bicyclic) bond motifs is 1. The molecule has 3 aromatic rings. The quantitative estimate of drug-likeness (QED) is 0.703. The van der Waals surface area contributed by atoms with E-state index >= 15 is 0 Å². The van der Waals surface area contributed by atoms with Crippen LogP contribution in [0.1, 0.15) is 0 Å². The number of aryl methyl sites for hydroxylation is 2. The third kappa shape index (κ3) is 2.52. The standard InChI is InChI=1S/C14H14N4O3S/c1-17-14(19)13-11(9-15-17)10-16-18(13)7-8-22(20,21)12-5-3-2-4-6-12/h2-6,9-10H,7-8H2,1H3. The molecule has 0 unspecified atom stereocenters. The third-order valence-electron chi connectivity index (χ3n) is 3.41. The van der Waals surface area contributed by atoms with Gasteiger partial charge in [0.15, 0.2) is 9.84 Å². The van der Waals surface area contributed by atoms with E-state index < -0.39 is 9.84 Å². The second kappa shape index (κ2) is 5.38. The Morgan fingerprint density at radius 1 is 1.09 bits per heavy atom. The lowest BCUT2D eigenvalue weighted by atomic mass is 10.4. The van der Waals surface area contributed by atoms with Crippen LogP contribution in [0.2, 0.25) is 0 Å². The number of hydrogen-bond acceptors (Lipinski definition) is 5. The second-order valence-corrected chi connectivity index (χ2v) is 6.99. The second-order valence-electron chi connectivity index (χ2n) is 4.88. The van der Waals surface area contributed by atoms with Gasteiger partial charge in [-0.15, -0.1) is 0 Å². The van der Waals surface area contributed by atoms with Crippen molar-refractivity contribution in [3.05, 3.63) is 53.1 Å². The van der Waals surface area contributed by atoms with Crippen LogP contribution >= 0.6 is 0 Å². The van der Waals surface area contributed by atoms with Crippen LogP contribution in [-0.4, -0.2) is 33.7 Å². The molecule has 114 valence electrons. The molecular formula is C14H14N4O3S. The Kier molecular flexibility index (Phi) is 3.53. The van der Waals surface area contributed by atoms with Gasteiger partial charge in [-0.05, 0) is 12.1 Å². The zero-order valence-corrected chi connectivity index (χ0v) is 12.7. The van der Waals surface area contributed by atoms with Crippen molar-refractivity contribution in [2.45, 2.75) is 11.4 Å². The average Bonchev–Trinajstić information content (AvgIpc) is 2.94. The molecule has 0 aliphatic rings. The third-order valence-corrected chi connectivity index (χ3v) is 5.12. The molecular weight excluding hydrogens is 304 g/mol. The first-order chi connectivity index (χ1) is 10.5. The van der Waals surface area contributed by atoms with Crippen molar-refractivity contribution in [1.82, 2.24) is 19.6 Å². The van der Waals surface area contributed by atoms with Crippen LogP contribution in [0.5, 0.6) is 0 Å². The van der Waals surface area contributed by atoms with Crippen LogP contribution in [0.15, 0.2) is 52.4 Å². The molecule has 2 aromatic heterocycles. The van der Waals surface area contributed by atoms with Crippen LogP contribution in [0.3, 0.4) is 0 Å². The van der Waals surface area contributed by atoms with Gasteiger partial charge in [0.2, 0.25) is 0 Å². The van der Waals surface area contributed by atoms with Gasteiger partial charge in [-0.2, -0.15) is 10.2 Å². The summed E-state index contributed by atoms with van der Waals surface area (Å²) in [5.41, 5.74) is 0.0628. The first kappa shape index (κ1) is 14.5. The minimum atomic E-state index is -3.41. The van der Waals surface area contributed by atoms with Gasteiger partial charge < -0.3 is 0 Å². The lowest BCUT2D eigenvalue weighted by molar-refractivity contribution is 0.583. The van der Waals surface area contributed by atoms with Crippen LogP contribution < -0.4 is 5.56 Å². The summed E-state index contributed by atoms with van der Waals surface area (Å²) in [7, 11) is -1.87. The maximum Gasteiger partial charge on any atom is 0.292 e. The summed E-state index contributed by atoms with van der Waals surface area (Å²) in [5, 5.41) is 8.60. The fraction of sp³-hybridized carbons (Fsp3) is 0.214. The molecule has 0 radical (unpaired) electrons. The first-order valence-electron chi connectivity index (χ1n) is 6.65. The summed E-state index contributed by atoms with van der Waals surface area (Å²) < 4.78 is 27.2. The molecule has 3 rings (SSSR count). The normalized spacial score (nSPS) is 11.9. The monoisotopic (exact) mass is 318 g/mol. The topological polar surface area (TPSA) is 86.8 Å². The van der Waals surface area contributed by atoms with Crippen molar-refractivity contribution >= 4 is 20.7 Å². The Labute approximate surface area is 126 Å². The van der Waals surface area contributed by atoms with E-state index in [2.05, 4.69) is 10.2 Å². The Bertz CT molecular complexity index is 974. The Morgan fingerprint density at radius 2 is 1.77 bits per heavy atom. The smallest absolute Gasteiger partial charge is 0.265 e. The highest BCUT2D eigenvalue weighted by atomic mass is 32.2. The summed E-state index contributed by atoms with van der Waals surface area (Å²) >= 11 is 0. The molecule has 22 heavy (non-hydrogen) atoms. The van der Waals surface area contributed by atoms with Gasteiger partial charge in [0.25, 0.3) is 5.56 Å². The molecule has 0 fully saturated rings. The summed E-state index contributed by atoms with van der Waals surface area (Å²) in [6.45, 7) is 0.111. The molecule has 2 heterocycles.